The molecule has 0 radical (unpaired) electrons. The van der Waals surface area contributed by atoms with E-state index in [1.54, 1.807) is 17.9 Å². The average molecular weight is 347 g/mol. The van der Waals surface area contributed by atoms with Crippen LogP contribution in [-0.4, -0.2) is 42.3 Å². The summed E-state index contributed by atoms with van der Waals surface area (Å²) in [6.07, 6.45) is -0.257. The average Bonchev–Trinajstić information content (AvgIpc) is 2.44. The van der Waals surface area contributed by atoms with Crippen LogP contribution in [0.15, 0.2) is 18.2 Å². The van der Waals surface area contributed by atoms with Gasteiger partial charge in [0.15, 0.2) is 0 Å². The Hall–Kier alpha value is -2.04. The normalized spacial score (nSPS) is 16.2. The van der Waals surface area contributed by atoms with Gasteiger partial charge in [-0.2, -0.15) is 0 Å². The molecule has 0 bridgehead atoms. The van der Waals surface area contributed by atoms with Crippen LogP contribution >= 0.6 is 0 Å². The molecule has 1 amide bonds. The molecule has 1 fully saturated rings. The highest BCUT2D eigenvalue weighted by Crippen LogP contribution is 2.34. The Labute approximate surface area is 150 Å². The lowest BCUT2D eigenvalue weighted by molar-refractivity contribution is -0.00420. The van der Waals surface area contributed by atoms with E-state index in [2.05, 4.69) is 6.92 Å². The van der Waals surface area contributed by atoms with Gasteiger partial charge in [0.05, 0.1) is 12.2 Å². The van der Waals surface area contributed by atoms with Crippen LogP contribution in [0.2, 0.25) is 0 Å². The van der Waals surface area contributed by atoms with E-state index in [0.29, 0.717) is 31.2 Å². The van der Waals surface area contributed by atoms with Gasteiger partial charge < -0.3 is 14.4 Å². The van der Waals surface area contributed by atoms with Gasteiger partial charge >= 0.3 is 12.1 Å². The predicted octanol–water partition coefficient (Wildman–Crippen LogP) is 4.14. The van der Waals surface area contributed by atoms with Gasteiger partial charge in [0.2, 0.25) is 0 Å². The molecular formula is C20H29NO4. The lowest BCUT2D eigenvalue weighted by Gasteiger charge is -2.43. The van der Waals surface area contributed by atoms with Crippen molar-refractivity contribution in [3.8, 4) is 0 Å². The van der Waals surface area contributed by atoms with Crippen molar-refractivity contribution < 1.29 is 19.1 Å². The molecule has 1 aliphatic heterocycles. The lowest BCUT2D eigenvalue weighted by atomic mass is 9.80. The highest BCUT2D eigenvalue weighted by molar-refractivity contribution is 5.89. The van der Waals surface area contributed by atoms with Gasteiger partial charge in [0.25, 0.3) is 0 Å². The Balaban J connectivity index is 2.02. The number of rotatable bonds is 4. The molecule has 1 saturated heterocycles. The summed E-state index contributed by atoms with van der Waals surface area (Å²) >= 11 is 0. The van der Waals surface area contributed by atoms with Gasteiger partial charge in [0, 0.05) is 19.0 Å². The van der Waals surface area contributed by atoms with Crippen molar-refractivity contribution in [3.63, 3.8) is 0 Å². The molecule has 1 aromatic rings. The predicted molar refractivity (Wildman–Crippen MR) is 96.8 cm³/mol. The van der Waals surface area contributed by atoms with Gasteiger partial charge in [-0.25, -0.2) is 9.59 Å². The number of hydrogen-bond donors (Lipinski definition) is 0. The Morgan fingerprint density at radius 2 is 1.92 bits per heavy atom. The maximum Gasteiger partial charge on any atom is 0.410 e. The topological polar surface area (TPSA) is 55.8 Å². The van der Waals surface area contributed by atoms with Crippen molar-refractivity contribution in [1.82, 2.24) is 4.90 Å². The molecule has 1 heterocycles. The quantitative estimate of drug-likeness (QED) is 0.768. The van der Waals surface area contributed by atoms with Crippen LogP contribution in [0.3, 0.4) is 0 Å². The van der Waals surface area contributed by atoms with Gasteiger partial charge in [-0.15, -0.1) is 0 Å². The Kier molecular flexibility index (Phi) is 5.76. The molecule has 1 aromatic carbocycles. The van der Waals surface area contributed by atoms with Crippen molar-refractivity contribution in [2.75, 3.05) is 19.7 Å². The SMILES string of the molecule is CCOC(=O)c1ccc(C)c(C(C)C2CN(C(=O)OC(C)(C)C)C2)c1. The van der Waals surface area contributed by atoms with Gasteiger partial charge in [-0.05, 0) is 63.8 Å². The minimum Gasteiger partial charge on any atom is -0.462 e. The molecule has 2 rings (SSSR count). The third-order valence-electron chi connectivity index (χ3n) is 4.55. The lowest BCUT2D eigenvalue weighted by Crippen LogP contribution is -2.53. The van der Waals surface area contributed by atoms with Crippen molar-refractivity contribution in [3.05, 3.63) is 34.9 Å². The molecule has 1 aliphatic rings. The Bertz CT molecular complexity index is 642. The number of aryl methyl sites for hydroxylation is 1. The molecule has 25 heavy (non-hydrogen) atoms. The molecule has 0 spiro atoms. The maximum atomic E-state index is 12.1. The van der Waals surface area contributed by atoms with Crippen molar-refractivity contribution >= 4 is 12.1 Å². The van der Waals surface area contributed by atoms with Crippen molar-refractivity contribution in [2.24, 2.45) is 5.92 Å². The third-order valence-corrected chi connectivity index (χ3v) is 4.55. The summed E-state index contributed by atoms with van der Waals surface area (Å²) in [7, 11) is 0. The number of carbonyl (C=O) groups is 2. The van der Waals surface area contributed by atoms with E-state index >= 15 is 0 Å². The summed E-state index contributed by atoms with van der Waals surface area (Å²) < 4.78 is 10.5. The molecular weight excluding hydrogens is 318 g/mol. The summed E-state index contributed by atoms with van der Waals surface area (Å²) in [4.78, 5) is 25.8. The summed E-state index contributed by atoms with van der Waals surface area (Å²) in [5.74, 6) is 0.330. The van der Waals surface area contributed by atoms with E-state index in [4.69, 9.17) is 9.47 Å². The molecule has 0 aliphatic carbocycles. The van der Waals surface area contributed by atoms with Crippen LogP contribution in [0.5, 0.6) is 0 Å². The largest absolute Gasteiger partial charge is 0.462 e. The summed E-state index contributed by atoms with van der Waals surface area (Å²) in [5.41, 5.74) is 2.39. The first-order valence-electron chi connectivity index (χ1n) is 8.88. The summed E-state index contributed by atoms with van der Waals surface area (Å²) in [6.45, 7) is 13.3. The number of likely N-dealkylation sites (tertiary alicyclic amines) is 1. The minimum absolute atomic E-state index is 0.257. The van der Waals surface area contributed by atoms with E-state index < -0.39 is 5.60 Å². The van der Waals surface area contributed by atoms with Crippen LogP contribution in [0.1, 0.15) is 62.0 Å². The standard InChI is InChI=1S/C20H29NO4/c1-7-24-18(22)15-9-8-13(2)17(10-15)14(3)16-11-21(12-16)19(23)25-20(4,5)6/h8-10,14,16H,7,11-12H2,1-6H3. The smallest absolute Gasteiger partial charge is 0.410 e. The van der Waals surface area contributed by atoms with Crippen LogP contribution in [0, 0.1) is 12.8 Å². The Morgan fingerprint density at radius 1 is 1.28 bits per heavy atom. The fraction of sp³-hybridized carbons (Fsp3) is 0.600. The zero-order valence-electron chi connectivity index (χ0n) is 16.1. The molecule has 0 aromatic heterocycles. The number of benzene rings is 1. The second kappa shape index (κ2) is 7.46. The zero-order valence-corrected chi connectivity index (χ0v) is 16.1. The third kappa shape index (κ3) is 4.74. The van der Waals surface area contributed by atoms with E-state index in [-0.39, 0.29) is 18.0 Å². The number of amides is 1. The van der Waals surface area contributed by atoms with E-state index in [1.165, 1.54) is 0 Å². The number of hydrogen-bond acceptors (Lipinski definition) is 4. The molecule has 1 atom stereocenters. The van der Waals surface area contributed by atoms with Crippen LogP contribution in [0.25, 0.3) is 0 Å². The number of carbonyl (C=O) groups excluding carboxylic acids is 2. The fourth-order valence-corrected chi connectivity index (χ4v) is 3.03. The fourth-order valence-electron chi connectivity index (χ4n) is 3.03. The molecule has 5 nitrogen and oxygen atoms in total. The van der Waals surface area contributed by atoms with E-state index in [1.807, 2.05) is 39.8 Å². The molecule has 0 N–H and O–H groups in total. The zero-order chi connectivity index (χ0) is 18.8. The van der Waals surface area contributed by atoms with E-state index in [9.17, 15) is 9.59 Å². The number of ether oxygens (including phenoxy) is 2. The first-order valence-corrected chi connectivity index (χ1v) is 8.88. The summed E-state index contributed by atoms with van der Waals surface area (Å²) in [6, 6.07) is 5.69. The first-order chi connectivity index (χ1) is 11.6. The highest BCUT2D eigenvalue weighted by atomic mass is 16.6. The van der Waals surface area contributed by atoms with Crippen LogP contribution in [0.4, 0.5) is 4.79 Å². The second-order valence-electron chi connectivity index (χ2n) is 7.73. The van der Waals surface area contributed by atoms with Crippen molar-refractivity contribution in [1.29, 1.82) is 0 Å². The molecule has 0 saturated carbocycles. The maximum absolute atomic E-state index is 12.1. The monoisotopic (exact) mass is 347 g/mol. The van der Waals surface area contributed by atoms with Crippen LogP contribution in [-0.2, 0) is 9.47 Å². The van der Waals surface area contributed by atoms with Crippen LogP contribution < -0.4 is 0 Å². The van der Waals surface area contributed by atoms with E-state index in [0.717, 1.165) is 11.1 Å². The van der Waals surface area contributed by atoms with Gasteiger partial charge in [0.1, 0.15) is 5.60 Å². The Morgan fingerprint density at radius 3 is 2.48 bits per heavy atom. The van der Waals surface area contributed by atoms with Crippen molar-refractivity contribution in [2.45, 2.75) is 53.1 Å². The summed E-state index contributed by atoms with van der Waals surface area (Å²) in [5, 5.41) is 0. The molecule has 5 heteroatoms. The number of esters is 1. The molecule has 138 valence electrons. The first kappa shape index (κ1) is 19.3. The minimum atomic E-state index is -0.474. The van der Waals surface area contributed by atoms with Gasteiger partial charge in [-0.3, -0.25) is 0 Å². The van der Waals surface area contributed by atoms with Gasteiger partial charge in [-0.1, -0.05) is 13.0 Å². The number of nitrogens with zero attached hydrogens (tertiary/aromatic N) is 1. The highest BCUT2D eigenvalue weighted by Gasteiger charge is 2.37. The molecule has 1 unspecified atom stereocenters. The second-order valence-corrected chi connectivity index (χ2v) is 7.73.